The zero-order valence-corrected chi connectivity index (χ0v) is 9.71. The van der Waals surface area contributed by atoms with Gasteiger partial charge in [0.05, 0.1) is 5.84 Å². The summed E-state index contributed by atoms with van der Waals surface area (Å²) in [5.74, 6) is 1.22. The first-order valence-electron chi connectivity index (χ1n) is 5.67. The van der Waals surface area contributed by atoms with E-state index in [-0.39, 0.29) is 0 Å². The molecule has 1 aliphatic rings. The zero-order valence-electron chi connectivity index (χ0n) is 9.71. The Kier molecular flexibility index (Phi) is 4.94. The van der Waals surface area contributed by atoms with E-state index in [2.05, 4.69) is 36.1 Å². The molecule has 1 aliphatic heterocycles. The maximum Gasteiger partial charge on any atom is 0.0963 e. The molecule has 0 fully saturated rings. The fourth-order valence-electron chi connectivity index (χ4n) is 1.48. The molecule has 0 radical (unpaired) electrons. The van der Waals surface area contributed by atoms with Crippen LogP contribution in [0.1, 0.15) is 33.1 Å². The lowest BCUT2D eigenvalue weighted by Gasteiger charge is -2.22. The average molecular weight is 197 g/mol. The summed E-state index contributed by atoms with van der Waals surface area (Å²) in [6.45, 7) is 7.57. The van der Waals surface area contributed by atoms with Gasteiger partial charge in [0, 0.05) is 32.1 Å². The third-order valence-corrected chi connectivity index (χ3v) is 2.80. The molecule has 1 heterocycles. The minimum absolute atomic E-state index is 0.630. The lowest BCUT2D eigenvalue weighted by atomic mass is 10.2. The van der Waals surface area contributed by atoms with Crippen LogP contribution in [0.3, 0.4) is 0 Å². The van der Waals surface area contributed by atoms with Gasteiger partial charge in [0.1, 0.15) is 0 Å². The molecule has 1 rings (SSSR count). The van der Waals surface area contributed by atoms with Crippen LogP contribution in [0.25, 0.3) is 0 Å². The van der Waals surface area contributed by atoms with E-state index in [1.165, 1.54) is 18.7 Å². The van der Waals surface area contributed by atoms with Gasteiger partial charge in [-0.25, -0.2) is 0 Å². The van der Waals surface area contributed by atoms with Crippen molar-refractivity contribution in [1.82, 2.24) is 10.2 Å². The van der Waals surface area contributed by atoms with Gasteiger partial charge in [-0.15, -0.1) is 0 Å². The Labute approximate surface area is 87.6 Å². The zero-order chi connectivity index (χ0) is 10.4. The minimum atomic E-state index is 0.630. The van der Waals surface area contributed by atoms with Crippen molar-refractivity contribution in [3.8, 4) is 0 Å². The summed E-state index contributed by atoms with van der Waals surface area (Å²) in [5.41, 5.74) is 0. The van der Waals surface area contributed by atoms with Crippen LogP contribution in [-0.4, -0.2) is 43.5 Å². The van der Waals surface area contributed by atoms with Crippen molar-refractivity contribution in [2.75, 3.05) is 26.7 Å². The van der Waals surface area contributed by atoms with Crippen LogP contribution in [0.15, 0.2) is 4.99 Å². The van der Waals surface area contributed by atoms with Crippen molar-refractivity contribution in [2.24, 2.45) is 4.99 Å². The maximum absolute atomic E-state index is 4.46. The molecule has 0 bridgehead atoms. The summed E-state index contributed by atoms with van der Waals surface area (Å²) < 4.78 is 0. The lowest BCUT2D eigenvalue weighted by Crippen LogP contribution is -2.36. The topological polar surface area (TPSA) is 27.6 Å². The Hall–Kier alpha value is -0.570. The maximum atomic E-state index is 4.46. The van der Waals surface area contributed by atoms with Gasteiger partial charge < -0.3 is 10.2 Å². The Bertz CT molecular complexity index is 187. The molecule has 0 saturated carbocycles. The first-order valence-corrected chi connectivity index (χ1v) is 5.67. The van der Waals surface area contributed by atoms with Crippen molar-refractivity contribution < 1.29 is 0 Å². The highest BCUT2D eigenvalue weighted by Gasteiger charge is 2.05. The molecular formula is C11H23N3. The molecule has 14 heavy (non-hydrogen) atoms. The molecule has 0 aliphatic carbocycles. The standard InChI is InChI=1S/C11H23N3/c1-10(2)14(3)9-8-13-11-6-4-5-7-12-11/h10H,4-9H2,1-3H3,(H,12,13). The molecule has 1 N–H and O–H groups in total. The molecule has 0 aromatic rings. The first kappa shape index (κ1) is 11.5. The number of likely N-dealkylation sites (N-methyl/N-ethyl adjacent to an activating group) is 1. The highest BCUT2D eigenvalue weighted by molar-refractivity contribution is 5.82. The summed E-state index contributed by atoms with van der Waals surface area (Å²) in [6.07, 6.45) is 3.70. The molecule has 82 valence electrons. The van der Waals surface area contributed by atoms with Gasteiger partial charge in [0.2, 0.25) is 0 Å². The molecule has 0 aromatic heterocycles. The quantitative estimate of drug-likeness (QED) is 0.739. The smallest absolute Gasteiger partial charge is 0.0963 e. The first-order chi connectivity index (χ1) is 6.70. The molecule has 0 saturated heterocycles. The third kappa shape index (κ3) is 4.09. The van der Waals surface area contributed by atoms with Gasteiger partial charge in [0.25, 0.3) is 0 Å². The van der Waals surface area contributed by atoms with E-state index in [0.29, 0.717) is 6.04 Å². The highest BCUT2D eigenvalue weighted by Crippen LogP contribution is 2.03. The summed E-state index contributed by atoms with van der Waals surface area (Å²) in [5, 5.41) is 3.42. The largest absolute Gasteiger partial charge is 0.373 e. The van der Waals surface area contributed by atoms with Gasteiger partial charge in [-0.3, -0.25) is 4.99 Å². The predicted octanol–water partition coefficient (Wildman–Crippen LogP) is 1.50. The number of hydrogen-bond acceptors (Lipinski definition) is 3. The lowest BCUT2D eigenvalue weighted by molar-refractivity contribution is 0.278. The number of aliphatic imine (C=N–C) groups is 1. The predicted molar refractivity (Wildman–Crippen MR) is 61.9 cm³/mol. The van der Waals surface area contributed by atoms with Gasteiger partial charge in [0.15, 0.2) is 0 Å². The van der Waals surface area contributed by atoms with Crippen LogP contribution in [0, 0.1) is 0 Å². The SMILES string of the molecule is CC(C)N(C)CCNC1=NCCCC1. The molecule has 0 aromatic carbocycles. The van der Waals surface area contributed by atoms with Crippen molar-refractivity contribution in [3.05, 3.63) is 0 Å². The molecule has 0 atom stereocenters. The second-order valence-electron chi connectivity index (χ2n) is 4.29. The number of amidine groups is 1. The summed E-state index contributed by atoms with van der Waals surface area (Å²) in [7, 11) is 2.16. The molecule has 0 unspecified atom stereocenters. The van der Waals surface area contributed by atoms with Crippen LogP contribution in [0.4, 0.5) is 0 Å². The van der Waals surface area contributed by atoms with E-state index >= 15 is 0 Å². The van der Waals surface area contributed by atoms with E-state index in [1.807, 2.05) is 0 Å². The molecular weight excluding hydrogens is 174 g/mol. The number of nitrogens with zero attached hydrogens (tertiary/aromatic N) is 2. The second kappa shape index (κ2) is 6.02. The van der Waals surface area contributed by atoms with Crippen molar-refractivity contribution in [2.45, 2.75) is 39.2 Å². The van der Waals surface area contributed by atoms with E-state index in [1.54, 1.807) is 0 Å². The molecule has 3 heteroatoms. The van der Waals surface area contributed by atoms with E-state index in [0.717, 1.165) is 26.1 Å². The minimum Gasteiger partial charge on any atom is -0.373 e. The number of rotatable bonds is 4. The number of nitrogens with one attached hydrogen (secondary N) is 1. The normalized spacial score (nSPS) is 17.4. The van der Waals surface area contributed by atoms with Crippen LogP contribution in [-0.2, 0) is 0 Å². The fraction of sp³-hybridized carbons (Fsp3) is 0.909. The Morgan fingerprint density at radius 2 is 2.21 bits per heavy atom. The van der Waals surface area contributed by atoms with E-state index in [4.69, 9.17) is 0 Å². The van der Waals surface area contributed by atoms with Crippen LogP contribution >= 0.6 is 0 Å². The average Bonchev–Trinajstić information content (AvgIpc) is 2.19. The van der Waals surface area contributed by atoms with Gasteiger partial charge in [-0.2, -0.15) is 0 Å². The molecule has 0 spiro atoms. The van der Waals surface area contributed by atoms with Crippen molar-refractivity contribution in [3.63, 3.8) is 0 Å². The van der Waals surface area contributed by atoms with Gasteiger partial charge in [-0.05, 0) is 33.7 Å². The van der Waals surface area contributed by atoms with Gasteiger partial charge in [-0.1, -0.05) is 0 Å². The van der Waals surface area contributed by atoms with Gasteiger partial charge >= 0.3 is 0 Å². The monoisotopic (exact) mass is 197 g/mol. The third-order valence-electron chi connectivity index (χ3n) is 2.80. The fourth-order valence-corrected chi connectivity index (χ4v) is 1.48. The van der Waals surface area contributed by atoms with Crippen LogP contribution in [0.5, 0.6) is 0 Å². The second-order valence-corrected chi connectivity index (χ2v) is 4.29. The van der Waals surface area contributed by atoms with Crippen LogP contribution in [0.2, 0.25) is 0 Å². The summed E-state index contributed by atoms with van der Waals surface area (Å²) >= 11 is 0. The van der Waals surface area contributed by atoms with Crippen molar-refractivity contribution >= 4 is 5.84 Å². The Morgan fingerprint density at radius 1 is 1.43 bits per heavy atom. The van der Waals surface area contributed by atoms with E-state index < -0.39 is 0 Å². The number of hydrogen-bond donors (Lipinski definition) is 1. The van der Waals surface area contributed by atoms with Crippen LogP contribution < -0.4 is 5.32 Å². The van der Waals surface area contributed by atoms with Crippen molar-refractivity contribution in [1.29, 1.82) is 0 Å². The van der Waals surface area contributed by atoms with E-state index in [9.17, 15) is 0 Å². The molecule has 3 nitrogen and oxygen atoms in total. The Balaban J connectivity index is 2.11. The highest BCUT2D eigenvalue weighted by atomic mass is 15.1. The summed E-state index contributed by atoms with van der Waals surface area (Å²) in [6, 6.07) is 0.630. The molecule has 0 amide bonds. The summed E-state index contributed by atoms with van der Waals surface area (Å²) in [4.78, 5) is 6.80. The Morgan fingerprint density at radius 3 is 2.79 bits per heavy atom.